The molecular weight excluding hydrogens is 609 g/mol. The summed E-state index contributed by atoms with van der Waals surface area (Å²) in [6.45, 7) is 5.53. The highest BCUT2D eigenvalue weighted by molar-refractivity contribution is 7.17. The number of hydrogen-bond donors (Lipinski definition) is 1. The summed E-state index contributed by atoms with van der Waals surface area (Å²) < 4.78 is 1.30. The van der Waals surface area contributed by atoms with Crippen LogP contribution in [0.25, 0.3) is 20.9 Å². The third-order valence-electron chi connectivity index (χ3n) is 11.5. The Morgan fingerprint density at radius 2 is 1.34 bits per heavy atom. The first-order chi connectivity index (χ1) is 21.2. The van der Waals surface area contributed by atoms with E-state index in [1.165, 1.54) is 26.8 Å². The number of benzene rings is 3. The van der Waals surface area contributed by atoms with Crippen LogP contribution < -0.4 is 15.5 Å². The zero-order chi connectivity index (χ0) is 30.5. The van der Waals surface area contributed by atoms with Crippen molar-refractivity contribution in [3.05, 3.63) is 64.0 Å². The van der Waals surface area contributed by atoms with Crippen molar-refractivity contribution in [1.82, 2.24) is 0 Å². The van der Waals surface area contributed by atoms with E-state index < -0.39 is 10.8 Å². The van der Waals surface area contributed by atoms with Gasteiger partial charge in [0, 0.05) is 80.0 Å². The molecule has 3 saturated carbocycles. The number of nitrogen functional groups attached to an aromatic ring is 1. The van der Waals surface area contributed by atoms with E-state index in [1.807, 2.05) is 29.2 Å². The molecule has 3 heterocycles. The topological polar surface area (TPSA) is 66.6 Å². The molecule has 2 amide bonds. The summed E-state index contributed by atoms with van der Waals surface area (Å²) in [5.41, 5.74) is 13.2. The van der Waals surface area contributed by atoms with Gasteiger partial charge in [0.2, 0.25) is 11.8 Å². The van der Waals surface area contributed by atoms with E-state index in [1.54, 1.807) is 11.3 Å². The number of nitrogens with two attached hydrogens (primary N) is 1. The lowest BCUT2D eigenvalue weighted by Gasteiger charge is -2.53. The molecule has 5 aliphatic rings. The van der Waals surface area contributed by atoms with Crippen molar-refractivity contribution in [2.24, 2.45) is 10.8 Å². The molecule has 5 nitrogen and oxygen atoms in total. The zero-order valence-corrected chi connectivity index (χ0v) is 27.5. The van der Waals surface area contributed by atoms with Crippen LogP contribution >= 0.6 is 34.5 Å². The van der Waals surface area contributed by atoms with Gasteiger partial charge in [0.05, 0.1) is 0 Å². The first-order valence-corrected chi connectivity index (χ1v) is 17.7. The maximum Gasteiger partial charge on any atom is 0.233 e. The van der Waals surface area contributed by atoms with Gasteiger partial charge >= 0.3 is 0 Å². The van der Waals surface area contributed by atoms with Gasteiger partial charge in [0.15, 0.2) is 0 Å². The molecule has 4 aromatic rings. The average Bonchev–Trinajstić information content (AvgIpc) is 3.74. The van der Waals surface area contributed by atoms with Gasteiger partial charge in [-0.1, -0.05) is 24.3 Å². The van der Waals surface area contributed by atoms with Gasteiger partial charge in [0.25, 0.3) is 0 Å². The number of aryl methyl sites for hydroxylation is 2. The monoisotopic (exact) mass is 645 g/mol. The second-order valence-electron chi connectivity index (χ2n) is 13.8. The van der Waals surface area contributed by atoms with Crippen LogP contribution in [-0.2, 0) is 9.59 Å². The molecule has 3 fully saturated rings. The van der Waals surface area contributed by atoms with Crippen molar-refractivity contribution in [3.63, 3.8) is 0 Å². The van der Waals surface area contributed by atoms with Crippen LogP contribution in [0.15, 0.2) is 41.8 Å². The molecule has 0 spiro atoms. The predicted octanol–water partition coefficient (Wildman–Crippen LogP) is 8.63. The zero-order valence-electron chi connectivity index (χ0n) is 25.2. The van der Waals surface area contributed by atoms with E-state index in [0.29, 0.717) is 30.5 Å². The highest BCUT2D eigenvalue weighted by Crippen LogP contribution is 2.60. The summed E-state index contributed by atoms with van der Waals surface area (Å²) in [4.78, 5) is 33.1. The number of anilines is 3. The lowest BCUT2D eigenvalue weighted by molar-refractivity contribution is -0.147. The summed E-state index contributed by atoms with van der Waals surface area (Å²) in [6.07, 6.45) is 4.44. The Kier molecular flexibility index (Phi) is 6.58. The summed E-state index contributed by atoms with van der Waals surface area (Å²) in [5.74, 6) is 1.55. The number of halogens is 2. The molecule has 2 bridgehead atoms. The van der Waals surface area contributed by atoms with E-state index in [0.717, 1.165) is 66.2 Å². The van der Waals surface area contributed by atoms with Gasteiger partial charge in [-0.25, -0.2) is 0 Å². The van der Waals surface area contributed by atoms with Gasteiger partial charge < -0.3 is 15.5 Å². The standard InChI is InChI=1S/C36H37Cl2N3O2S/c1-20-13-27-31(29-21(2)19-44-32(20)29)23(16-38)18-40(27)33(42)35-7-10-36(11-8-35,12-9-35)34(43)41-17-22(15-37)30-25-6-4-3-5-24(25)26(39)14-28(30)41/h3-6,13-14,19,22-23H,7-12,15-18,39H2,1-2H3/t22-,23-,35?,36?/m1/s1. The van der Waals surface area contributed by atoms with E-state index in [4.69, 9.17) is 28.9 Å². The number of hydrogen-bond acceptors (Lipinski definition) is 4. The molecule has 1 aromatic heterocycles. The number of nitrogens with zero attached hydrogens (tertiary/aromatic N) is 2. The van der Waals surface area contributed by atoms with Crippen LogP contribution in [0, 0.1) is 24.7 Å². The molecule has 0 unspecified atom stereocenters. The molecular formula is C36H37Cl2N3O2S. The highest BCUT2D eigenvalue weighted by Gasteiger charge is 2.58. The lowest BCUT2D eigenvalue weighted by atomic mass is 9.53. The van der Waals surface area contributed by atoms with Crippen molar-refractivity contribution >= 4 is 84.3 Å². The molecule has 2 atom stereocenters. The van der Waals surface area contributed by atoms with Gasteiger partial charge in [0.1, 0.15) is 0 Å². The van der Waals surface area contributed by atoms with Gasteiger partial charge in [-0.15, -0.1) is 34.5 Å². The second-order valence-corrected chi connectivity index (χ2v) is 15.3. The van der Waals surface area contributed by atoms with Gasteiger partial charge in [-0.3, -0.25) is 9.59 Å². The highest BCUT2D eigenvalue weighted by atomic mass is 35.5. The Bertz CT molecular complexity index is 1860. The fourth-order valence-corrected chi connectivity index (χ4v) is 10.7. The van der Waals surface area contributed by atoms with Crippen LogP contribution in [0.1, 0.15) is 72.6 Å². The number of rotatable bonds is 4. The molecule has 9 rings (SSSR count). The van der Waals surface area contributed by atoms with E-state index in [-0.39, 0.29) is 23.7 Å². The minimum absolute atomic E-state index is 0.0669. The minimum Gasteiger partial charge on any atom is -0.398 e. The Hall–Kier alpha value is -2.80. The van der Waals surface area contributed by atoms with Crippen molar-refractivity contribution in [1.29, 1.82) is 0 Å². The van der Waals surface area contributed by atoms with Crippen molar-refractivity contribution in [2.75, 3.05) is 40.4 Å². The Labute approximate surface area is 272 Å². The van der Waals surface area contributed by atoms with Crippen LogP contribution in [-0.4, -0.2) is 36.7 Å². The number of amides is 2. The molecule has 0 radical (unpaired) electrons. The minimum atomic E-state index is -0.445. The van der Waals surface area contributed by atoms with Crippen LogP contribution in [0.2, 0.25) is 0 Å². The number of carbonyl (C=O) groups excluding carboxylic acids is 2. The molecule has 44 heavy (non-hydrogen) atoms. The normalized spacial score (nSPS) is 27.4. The average molecular weight is 647 g/mol. The molecule has 3 aromatic carbocycles. The van der Waals surface area contributed by atoms with Crippen LogP contribution in [0.5, 0.6) is 0 Å². The largest absolute Gasteiger partial charge is 0.398 e. The van der Waals surface area contributed by atoms with Gasteiger partial charge in [-0.05, 0) is 97.5 Å². The summed E-state index contributed by atoms with van der Waals surface area (Å²) >= 11 is 14.8. The Balaban J connectivity index is 1.08. The fourth-order valence-electron chi connectivity index (χ4n) is 9.10. The van der Waals surface area contributed by atoms with Crippen molar-refractivity contribution < 1.29 is 9.59 Å². The molecule has 2 aliphatic heterocycles. The fraction of sp³-hybridized carbons (Fsp3) is 0.444. The number of fused-ring (bicyclic) bond motifs is 9. The van der Waals surface area contributed by atoms with Crippen LogP contribution in [0.3, 0.4) is 0 Å². The third-order valence-corrected chi connectivity index (χ3v) is 13.5. The molecule has 228 valence electrons. The van der Waals surface area contributed by atoms with Crippen molar-refractivity contribution in [3.8, 4) is 0 Å². The SMILES string of the molecule is Cc1cc2c(c3c(C)csc13)[C@H](CCl)CN2C(=O)C12CCC(C(=O)N3C[C@@H](CCl)c4c3cc(N)c3ccccc43)(CC1)CC2. The first kappa shape index (κ1) is 28.7. The quantitative estimate of drug-likeness (QED) is 0.178. The van der Waals surface area contributed by atoms with Crippen molar-refractivity contribution in [2.45, 2.75) is 64.2 Å². The predicted molar refractivity (Wildman–Crippen MR) is 184 cm³/mol. The Morgan fingerprint density at radius 3 is 1.91 bits per heavy atom. The van der Waals surface area contributed by atoms with Crippen LogP contribution in [0.4, 0.5) is 17.1 Å². The smallest absolute Gasteiger partial charge is 0.233 e. The lowest BCUT2D eigenvalue weighted by Crippen LogP contribution is -2.56. The third kappa shape index (κ3) is 3.83. The second kappa shape index (κ2) is 10.1. The summed E-state index contributed by atoms with van der Waals surface area (Å²) in [7, 11) is 0. The molecule has 8 heteroatoms. The number of carbonyl (C=O) groups is 2. The summed E-state index contributed by atoms with van der Waals surface area (Å²) in [5, 5.41) is 5.60. The number of thiophene rings is 1. The van der Waals surface area contributed by atoms with E-state index in [2.05, 4.69) is 36.3 Å². The molecule has 0 saturated heterocycles. The Morgan fingerprint density at radius 1 is 0.818 bits per heavy atom. The summed E-state index contributed by atoms with van der Waals surface area (Å²) in [6, 6.07) is 12.3. The molecule has 2 N–H and O–H groups in total. The van der Waals surface area contributed by atoms with E-state index in [9.17, 15) is 9.59 Å². The first-order valence-electron chi connectivity index (χ1n) is 15.8. The molecule has 3 aliphatic carbocycles. The maximum absolute atomic E-state index is 14.6. The number of alkyl halides is 2. The maximum atomic E-state index is 14.6. The van der Waals surface area contributed by atoms with Gasteiger partial charge in [-0.2, -0.15) is 0 Å². The van der Waals surface area contributed by atoms with E-state index >= 15 is 0 Å².